The van der Waals surface area contributed by atoms with Gasteiger partial charge in [-0.25, -0.2) is 4.90 Å². The van der Waals surface area contributed by atoms with E-state index in [9.17, 15) is 9.59 Å². The second kappa shape index (κ2) is 8.45. The number of halogens is 1. The summed E-state index contributed by atoms with van der Waals surface area (Å²) in [5.74, 6) is 0.278. The van der Waals surface area contributed by atoms with E-state index in [0.29, 0.717) is 38.3 Å². The molecular weight excluding hydrogens is 436 g/mol. The van der Waals surface area contributed by atoms with E-state index in [1.54, 1.807) is 50.6 Å². The van der Waals surface area contributed by atoms with E-state index in [-0.39, 0.29) is 5.70 Å². The van der Waals surface area contributed by atoms with Gasteiger partial charge in [-0.15, -0.1) is 11.3 Å². The van der Waals surface area contributed by atoms with Crippen LogP contribution in [0.4, 0.5) is 11.4 Å². The normalized spacial score (nSPS) is 13.7. The third-order valence-electron chi connectivity index (χ3n) is 4.87. The van der Waals surface area contributed by atoms with Crippen molar-refractivity contribution in [3.63, 3.8) is 0 Å². The summed E-state index contributed by atoms with van der Waals surface area (Å²) in [6.45, 7) is 1.81. The summed E-state index contributed by atoms with van der Waals surface area (Å²) in [5.41, 5.74) is 2.29. The predicted octanol–water partition coefficient (Wildman–Crippen LogP) is 5.12. The number of methoxy groups -OCH3 is 2. The first-order valence-corrected chi connectivity index (χ1v) is 10.6. The Morgan fingerprint density at radius 2 is 1.68 bits per heavy atom. The lowest BCUT2D eigenvalue weighted by atomic mass is 10.1. The maximum absolute atomic E-state index is 13.5. The van der Waals surface area contributed by atoms with Gasteiger partial charge in [-0.05, 0) is 42.1 Å². The average Bonchev–Trinajstić information content (AvgIpc) is 3.35. The number of benzene rings is 2. The zero-order valence-electron chi connectivity index (χ0n) is 17.1. The van der Waals surface area contributed by atoms with Crippen LogP contribution in [0.25, 0.3) is 5.57 Å². The molecule has 8 heteroatoms. The minimum atomic E-state index is -0.444. The first kappa shape index (κ1) is 21.0. The van der Waals surface area contributed by atoms with E-state index < -0.39 is 11.8 Å². The lowest BCUT2D eigenvalue weighted by Crippen LogP contribution is -2.33. The molecule has 0 saturated heterocycles. The second-order valence-corrected chi connectivity index (χ2v) is 8.21. The SMILES string of the molecule is COc1cc(NC2=C(c3cccs3)C(=O)N(c3ccc(Cl)cc3C)C2=O)cc(OC)c1. The predicted molar refractivity (Wildman–Crippen MR) is 123 cm³/mol. The molecule has 2 heterocycles. The van der Waals surface area contributed by atoms with E-state index in [1.165, 1.54) is 16.2 Å². The summed E-state index contributed by atoms with van der Waals surface area (Å²) in [5, 5.41) is 5.53. The van der Waals surface area contributed by atoms with Gasteiger partial charge >= 0.3 is 0 Å². The number of carbonyl (C=O) groups excluding carboxylic acids is 2. The van der Waals surface area contributed by atoms with Gasteiger partial charge < -0.3 is 14.8 Å². The van der Waals surface area contributed by atoms with Gasteiger partial charge in [-0.2, -0.15) is 0 Å². The Labute approximate surface area is 188 Å². The molecular formula is C23H19ClN2O4S. The Bertz CT molecular complexity index is 1180. The van der Waals surface area contributed by atoms with E-state index in [4.69, 9.17) is 21.1 Å². The molecule has 2 amide bonds. The number of anilines is 2. The summed E-state index contributed by atoms with van der Waals surface area (Å²) < 4.78 is 10.6. The number of nitrogens with one attached hydrogen (secondary N) is 1. The fourth-order valence-corrected chi connectivity index (χ4v) is 4.40. The summed E-state index contributed by atoms with van der Waals surface area (Å²) >= 11 is 7.46. The Balaban J connectivity index is 1.81. The molecule has 1 N–H and O–H groups in total. The number of nitrogens with zero attached hydrogens (tertiary/aromatic N) is 1. The third kappa shape index (κ3) is 3.89. The summed E-state index contributed by atoms with van der Waals surface area (Å²) in [6.07, 6.45) is 0. The van der Waals surface area contributed by atoms with Crippen LogP contribution in [0.15, 0.2) is 59.6 Å². The lowest BCUT2D eigenvalue weighted by Gasteiger charge is -2.18. The van der Waals surface area contributed by atoms with Crippen molar-refractivity contribution in [3.8, 4) is 11.5 Å². The number of thiophene rings is 1. The zero-order chi connectivity index (χ0) is 22.1. The molecule has 2 aromatic carbocycles. The smallest absolute Gasteiger partial charge is 0.282 e. The lowest BCUT2D eigenvalue weighted by molar-refractivity contribution is -0.120. The highest BCUT2D eigenvalue weighted by molar-refractivity contribution is 7.11. The molecule has 4 rings (SSSR count). The van der Waals surface area contributed by atoms with Crippen LogP contribution in [0, 0.1) is 6.92 Å². The van der Waals surface area contributed by atoms with Crippen molar-refractivity contribution < 1.29 is 19.1 Å². The van der Waals surface area contributed by atoms with E-state index in [2.05, 4.69) is 5.32 Å². The van der Waals surface area contributed by atoms with Crippen LogP contribution in [-0.4, -0.2) is 26.0 Å². The summed E-state index contributed by atoms with van der Waals surface area (Å²) in [4.78, 5) is 28.8. The topological polar surface area (TPSA) is 67.9 Å². The quantitative estimate of drug-likeness (QED) is 0.523. The van der Waals surface area contributed by atoms with Crippen molar-refractivity contribution in [2.75, 3.05) is 24.4 Å². The third-order valence-corrected chi connectivity index (χ3v) is 5.99. The second-order valence-electron chi connectivity index (χ2n) is 6.83. The van der Waals surface area contributed by atoms with Gasteiger partial charge in [0.1, 0.15) is 17.2 Å². The van der Waals surface area contributed by atoms with E-state index in [1.807, 2.05) is 24.4 Å². The van der Waals surface area contributed by atoms with Crippen LogP contribution in [0.5, 0.6) is 11.5 Å². The molecule has 31 heavy (non-hydrogen) atoms. The van der Waals surface area contributed by atoms with Crippen LogP contribution in [0.2, 0.25) is 5.02 Å². The number of amides is 2. The first-order chi connectivity index (χ1) is 14.9. The van der Waals surface area contributed by atoms with Gasteiger partial charge in [0.15, 0.2) is 0 Å². The number of ether oxygens (including phenoxy) is 2. The molecule has 0 atom stereocenters. The largest absolute Gasteiger partial charge is 0.497 e. The number of imide groups is 1. The van der Waals surface area contributed by atoms with Crippen molar-refractivity contribution in [3.05, 3.63) is 75.1 Å². The van der Waals surface area contributed by atoms with E-state index in [0.717, 1.165) is 5.56 Å². The van der Waals surface area contributed by atoms with E-state index >= 15 is 0 Å². The highest BCUT2D eigenvalue weighted by Gasteiger charge is 2.41. The minimum absolute atomic E-state index is 0.192. The highest BCUT2D eigenvalue weighted by Crippen LogP contribution is 2.38. The number of hydrogen-bond acceptors (Lipinski definition) is 6. The van der Waals surface area contributed by atoms with Crippen molar-refractivity contribution in [1.29, 1.82) is 0 Å². The highest BCUT2D eigenvalue weighted by atomic mass is 35.5. The number of rotatable bonds is 6. The minimum Gasteiger partial charge on any atom is -0.497 e. The molecule has 0 saturated carbocycles. The maximum Gasteiger partial charge on any atom is 0.282 e. The maximum atomic E-state index is 13.5. The standard InChI is InChI=1S/C23H19ClN2O4S/c1-13-9-14(24)6-7-18(13)26-22(27)20(19-5-4-8-31-19)21(23(26)28)25-15-10-16(29-2)12-17(11-15)30-3/h4-12,25H,1-3H3. The zero-order valence-corrected chi connectivity index (χ0v) is 18.6. The fourth-order valence-electron chi connectivity index (χ4n) is 3.41. The van der Waals surface area contributed by atoms with Crippen LogP contribution < -0.4 is 19.7 Å². The Morgan fingerprint density at radius 1 is 0.968 bits per heavy atom. The molecule has 3 aromatic rings. The molecule has 0 fully saturated rings. The van der Waals surface area contributed by atoms with Crippen LogP contribution >= 0.6 is 22.9 Å². The van der Waals surface area contributed by atoms with Crippen LogP contribution in [-0.2, 0) is 9.59 Å². The average molecular weight is 455 g/mol. The molecule has 0 unspecified atom stereocenters. The van der Waals surface area contributed by atoms with Gasteiger partial charge in [0.25, 0.3) is 11.8 Å². The molecule has 6 nitrogen and oxygen atoms in total. The van der Waals surface area contributed by atoms with Crippen LogP contribution in [0.1, 0.15) is 10.4 Å². The van der Waals surface area contributed by atoms with Crippen molar-refractivity contribution >= 4 is 51.7 Å². The van der Waals surface area contributed by atoms with Crippen molar-refractivity contribution in [2.45, 2.75) is 6.92 Å². The van der Waals surface area contributed by atoms with Crippen molar-refractivity contribution in [2.24, 2.45) is 0 Å². The van der Waals surface area contributed by atoms with Gasteiger partial charge in [0.05, 0.1) is 25.5 Å². The summed E-state index contributed by atoms with van der Waals surface area (Å²) in [7, 11) is 3.09. The molecule has 0 spiro atoms. The Kier molecular flexibility index (Phi) is 5.71. The first-order valence-electron chi connectivity index (χ1n) is 9.36. The summed E-state index contributed by atoms with van der Waals surface area (Å²) in [6, 6.07) is 13.9. The van der Waals surface area contributed by atoms with Gasteiger partial charge in [0, 0.05) is 33.8 Å². The molecule has 1 aromatic heterocycles. The molecule has 158 valence electrons. The Morgan fingerprint density at radius 3 is 2.26 bits per heavy atom. The van der Waals surface area contributed by atoms with Crippen LogP contribution in [0.3, 0.4) is 0 Å². The molecule has 0 radical (unpaired) electrons. The molecule has 0 aliphatic carbocycles. The van der Waals surface area contributed by atoms with Gasteiger partial charge in [0.2, 0.25) is 0 Å². The molecule has 0 bridgehead atoms. The fraction of sp³-hybridized carbons (Fsp3) is 0.130. The number of carbonyl (C=O) groups is 2. The molecule has 1 aliphatic heterocycles. The van der Waals surface area contributed by atoms with Gasteiger partial charge in [-0.3, -0.25) is 9.59 Å². The monoisotopic (exact) mass is 454 g/mol. The number of aryl methyl sites for hydroxylation is 1. The Hall–Kier alpha value is -3.29. The number of hydrogen-bond donors (Lipinski definition) is 1. The van der Waals surface area contributed by atoms with Gasteiger partial charge in [-0.1, -0.05) is 17.7 Å². The molecule has 1 aliphatic rings. The van der Waals surface area contributed by atoms with Crippen molar-refractivity contribution in [1.82, 2.24) is 0 Å².